The normalized spacial score (nSPS) is 10.6. The predicted molar refractivity (Wildman–Crippen MR) is 142 cm³/mol. The monoisotopic (exact) mass is 514 g/mol. The molecule has 0 atom stereocenters. The van der Waals surface area contributed by atoms with Crippen molar-refractivity contribution in [2.24, 2.45) is 5.10 Å². The van der Waals surface area contributed by atoms with Crippen molar-refractivity contribution in [2.45, 2.75) is 6.61 Å². The van der Waals surface area contributed by atoms with Gasteiger partial charge in [-0.1, -0.05) is 35.9 Å². The number of carbonyl (C=O) groups excluding carboxylic acids is 2. The summed E-state index contributed by atoms with van der Waals surface area (Å²) in [6.07, 6.45) is 1.41. The molecule has 4 rings (SSSR count). The molecule has 186 valence electrons. The van der Waals surface area contributed by atoms with Crippen LogP contribution in [0.15, 0.2) is 102 Å². The van der Waals surface area contributed by atoms with Gasteiger partial charge in [-0.25, -0.2) is 10.2 Å². The maximum absolute atomic E-state index is 12.5. The summed E-state index contributed by atoms with van der Waals surface area (Å²) in [5, 5.41) is 4.68. The Labute approximate surface area is 219 Å². The number of methoxy groups -OCH3 is 1. The van der Waals surface area contributed by atoms with Crippen LogP contribution in [-0.2, 0) is 6.61 Å². The average molecular weight is 515 g/mol. The summed E-state index contributed by atoms with van der Waals surface area (Å²) in [6.45, 7) is 0.384. The van der Waals surface area contributed by atoms with E-state index in [2.05, 4.69) is 10.5 Å². The lowest BCUT2D eigenvalue weighted by atomic mass is 10.2. The van der Waals surface area contributed by atoms with Gasteiger partial charge in [0.1, 0.15) is 23.9 Å². The van der Waals surface area contributed by atoms with Gasteiger partial charge in [0, 0.05) is 16.1 Å². The first kappa shape index (κ1) is 25.5. The van der Waals surface area contributed by atoms with Crippen molar-refractivity contribution in [3.8, 4) is 17.2 Å². The van der Waals surface area contributed by atoms with Gasteiger partial charge in [0.15, 0.2) is 0 Å². The lowest BCUT2D eigenvalue weighted by molar-refractivity contribution is 0.0734. The molecule has 0 spiro atoms. The molecule has 0 radical (unpaired) electrons. The maximum Gasteiger partial charge on any atom is 0.343 e. The molecule has 0 saturated heterocycles. The number of hydrogen-bond donors (Lipinski definition) is 1. The van der Waals surface area contributed by atoms with E-state index in [9.17, 15) is 9.59 Å². The Morgan fingerprint density at radius 1 is 0.838 bits per heavy atom. The number of esters is 1. The predicted octanol–water partition coefficient (Wildman–Crippen LogP) is 5.91. The second-order valence-electron chi connectivity index (χ2n) is 7.79. The Balaban J connectivity index is 1.33. The van der Waals surface area contributed by atoms with Crippen LogP contribution in [0.5, 0.6) is 17.2 Å². The minimum Gasteiger partial charge on any atom is -0.497 e. The van der Waals surface area contributed by atoms with Crippen molar-refractivity contribution in [1.82, 2.24) is 5.43 Å². The van der Waals surface area contributed by atoms with Gasteiger partial charge in [0.25, 0.3) is 5.91 Å². The van der Waals surface area contributed by atoms with E-state index in [0.717, 1.165) is 5.56 Å². The van der Waals surface area contributed by atoms with E-state index in [1.165, 1.54) is 6.21 Å². The van der Waals surface area contributed by atoms with Crippen LogP contribution in [0.1, 0.15) is 31.8 Å². The van der Waals surface area contributed by atoms with E-state index >= 15 is 0 Å². The zero-order valence-corrected chi connectivity index (χ0v) is 20.6. The zero-order valence-electron chi connectivity index (χ0n) is 19.9. The molecule has 0 unspecified atom stereocenters. The molecule has 0 saturated carbocycles. The minimum absolute atomic E-state index is 0.309. The first-order valence-corrected chi connectivity index (χ1v) is 11.7. The summed E-state index contributed by atoms with van der Waals surface area (Å²) in [5.74, 6) is 0.658. The Bertz CT molecular complexity index is 1390. The molecule has 0 fully saturated rings. The topological polar surface area (TPSA) is 86.2 Å². The van der Waals surface area contributed by atoms with Crippen LogP contribution < -0.4 is 19.6 Å². The molecule has 4 aromatic carbocycles. The highest BCUT2D eigenvalue weighted by Crippen LogP contribution is 2.19. The van der Waals surface area contributed by atoms with Gasteiger partial charge >= 0.3 is 5.97 Å². The summed E-state index contributed by atoms with van der Waals surface area (Å²) >= 11 is 5.89. The number of para-hydroxylation sites is 1. The Hall–Kier alpha value is -4.62. The molecular weight excluding hydrogens is 492 g/mol. The summed E-state index contributed by atoms with van der Waals surface area (Å²) in [6, 6.07) is 27.6. The van der Waals surface area contributed by atoms with Crippen LogP contribution in [0.2, 0.25) is 5.02 Å². The summed E-state index contributed by atoms with van der Waals surface area (Å²) < 4.78 is 16.4. The number of benzene rings is 4. The lowest BCUT2D eigenvalue weighted by Gasteiger charge is -2.08. The highest BCUT2D eigenvalue weighted by Gasteiger charge is 2.11. The third-order valence-corrected chi connectivity index (χ3v) is 5.50. The van der Waals surface area contributed by atoms with E-state index < -0.39 is 11.9 Å². The van der Waals surface area contributed by atoms with Crippen molar-refractivity contribution in [2.75, 3.05) is 7.11 Å². The Morgan fingerprint density at radius 2 is 1.49 bits per heavy atom. The van der Waals surface area contributed by atoms with Crippen molar-refractivity contribution in [3.63, 3.8) is 0 Å². The number of ether oxygens (including phenoxy) is 3. The molecule has 0 aliphatic carbocycles. The molecule has 1 amide bonds. The fraction of sp³-hybridized carbons (Fsp3) is 0.0690. The molecule has 0 aliphatic heterocycles. The Kier molecular flexibility index (Phi) is 8.52. The number of nitrogens with zero attached hydrogens (tertiary/aromatic N) is 1. The molecule has 0 aliphatic rings. The van der Waals surface area contributed by atoms with E-state index in [-0.39, 0.29) is 0 Å². The van der Waals surface area contributed by atoms with Crippen molar-refractivity contribution < 1.29 is 23.8 Å². The summed E-state index contributed by atoms with van der Waals surface area (Å²) in [4.78, 5) is 25.0. The number of nitrogens with one attached hydrogen (secondary N) is 1. The van der Waals surface area contributed by atoms with Crippen LogP contribution in [-0.4, -0.2) is 25.2 Å². The van der Waals surface area contributed by atoms with Crippen LogP contribution in [0.3, 0.4) is 0 Å². The van der Waals surface area contributed by atoms with Crippen LogP contribution in [0, 0.1) is 0 Å². The molecule has 7 nitrogen and oxygen atoms in total. The molecular formula is C29H23ClN2O5. The third kappa shape index (κ3) is 7.19. The fourth-order valence-electron chi connectivity index (χ4n) is 3.24. The highest BCUT2D eigenvalue weighted by molar-refractivity contribution is 6.30. The molecule has 4 aromatic rings. The number of hydrazone groups is 1. The zero-order chi connectivity index (χ0) is 26.0. The van der Waals surface area contributed by atoms with Crippen LogP contribution in [0.25, 0.3) is 0 Å². The molecule has 0 heterocycles. The number of rotatable bonds is 9. The largest absolute Gasteiger partial charge is 0.497 e. The summed E-state index contributed by atoms with van der Waals surface area (Å²) in [7, 11) is 1.55. The first-order valence-electron chi connectivity index (χ1n) is 11.3. The maximum atomic E-state index is 12.5. The third-order valence-electron chi connectivity index (χ3n) is 5.25. The summed E-state index contributed by atoms with van der Waals surface area (Å²) in [5.41, 5.74) is 4.77. The number of carbonyl (C=O) groups is 2. The average Bonchev–Trinajstić information content (AvgIpc) is 2.94. The van der Waals surface area contributed by atoms with Crippen molar-refractivity contribution in [1.29, 1.82) is 0 Å². The molecule has 1 N–H and O–H groups in total. The van der Waals surface area contributed by atoms with E-state index in [0.29, 0.717) is 45.6 Å². The molecule has 8 heteroatoms. The first-order chi connectivity index (χ1) is 18.0. The van der Waals surface area contributed by atoms with Crippen LogP contribution >= 0.6 is 11.6 Å². The van der Waals surface area contributed by atoms with Gasteiger partial charge in [-0.2, -0.15) is 5.10 Å². The second-order valence-corrected chi connectivity index (χ2v) is 8.23. The Morgan fingerprint density at radius 3 is 2.19 bits per heavy atom. The quantitative estimate of drug-likeness (QED) is 0.130. The molecule has 37 heavy (non-hydrogen) atoms. The van der Waals surface area contributed by atoms with Gasteiger partial charge < -0.3 is 14.2 Å². The van der Waals surface area contributed by atoms with Gasteiger partial charge in [0.2, 0.25) is 0 Å². The minimum atomic E-state index is -0.522. The lowest BCUT2D eigenvalue weighted by Crippen LogP contribution is -2.17. The second kappa shape index (κ2) is 12.4. The standard InChI is InChI=1S/C29H23ClN2O5/c1-35-25-14-10-22(11-15-25)29(34)37-27-5-3-2-4-23(27)18-31-32-28(33)21-8-16-26(17-9-21)36-19-20-6-12-24(30)13-7-20/h2-18H,19H2,1H3,(H,32,33)/b31-18-. The van der Waals surface area contributed by atoms with E-state index in [1.54, 1.807) is 92.0 Å². The smallest absolute Gasteiger partial charge is 0.343 e. The van der Waals surface area contributed by atoms with E-state index in [4.69, 9.17) is 25.8 Å². The van der Waals surface area contributed by atoms with Crippen molar-refractivity contribution in [3.05, 3.63) is 124 Å². The van der Waals surface area contributed by atoms with Gasteiger partial charge in [-0.3, -0.25) is 4.79 Å². The van der Waals surface area contributed by atoms with Gasteiger partial charge in [-0.05, 0) is 78.4 Å². The van der Waals surface area contributed by atoms with Gasteiger partial charge in [0.05, 0.1) is 18.9 Å². The van der Waals surface area contributed by atoms with Crippen LogP contribution in [0.4, 0.5) is 0 Å². The number of amides is 1. The van der Waals surface area contributed by atoms with Crippen molar-refractivity contribution >= 4 is 29.7 Å². The number of hydrogen-bond acceptors (Lipinski definition) is 6. The number of halogens is 1. The molecule has 0 aromatic heterocycles. The highest BCUT2D eigenvalue weighted by atomic mass is 35.5. The molecule has 0 bridgehead atoms. The van der Waals surface area contributed by atoms with Gasteiger partial charge in [-0.15, -0.1) is 0 Å². The van der Waals surface area contributed by atoms with E-state index in [1.807, 2.05) is 12.1 Å². The fourth-order valence-corrected chi connectivity index (χ4v) is 3.37. The SMILES string of the molecule is COc1ccc(C(=O)Oc2ccccc2/C=N\NC(=O)c2ccc(OCc3ccc(Cl)cc3)cc2)cc1.